The Labute approximate surface area is 168 Å². The molecule has 1 aromatic carbocycles. The van der Waals surface area contributed by atoms with Gasteiger partial charge in [0.2, 0.25) is 0 Å². The van der Waals surface area contributed by atoms with Gasteiger partial charge in [-0.05, 0) is 62.1 Å². The standard InChI is InChI=1S/C22H24FN5O/c23-17-5-6-18-20(12-17)24-14-25-22(18)27-9-7-15(8-10-27)13-28-21(29)11-16-3-1-2-4-19(16)26-28/h5-6,11-12,14-15H,1-4,7-10,13H2. The van der Waals surface area contributed by atoms with Crippen LogP contribution in [-0.2, 0) is 19.4 Å². The van der Waals surface area contributed by atoms with E-state index in [2.05, 4.69) is 20.0 Å². The van der Waals surface area contributed by atoms with E-state index < -0.39 is 0 Å². The molecule has 1 fully saturated rings. The highest BCUT2D eigenvalue weighted by molar-refractivity contribution is 5.89. The Morgan fingerprint density at radius 1 is 1.07 bits per heavy atom. The van der Waals surface area contributed by atoms with E-state index in [-0.39, 0.29) is 11.4 Å². The molecule has 1 aliphatic heterocycles. The van der Waals surface area contributed by atoms with Gasteiger partial charge in [0.15, 0.2) is 0 Å². The van der Waals surface area contributed by atoms with Crippen molar-refractivity contribution >= 4 is 16.7 Å². The largest absolute Gasteiger partial charge is 0.356 e. The first-order valence-electron chi connectivity index (χ1n) is 10.4. The fourth-order valence-electron chi connectivity index (χ4n) is 4.57. The molecule has 0 atom stereocenters. The van der Waals surface area contributed by atoms with Gasteiger partial charge in [-0.25, -0.2) is 19.0 Å². The van der Waals surface area contributed by atoms with Gasteiger partial charge in [0.05, 0.1) is 11.2 Å². The molecule has 0 bridgehead atoms. The monoisotopic (exact) mass is 393 g/mol. The highest BCUT2D eigenvalue weighted by Crippen LogP contribution is 2.28. The summed E-state index contributed by atoms with van der Waals surface area (Å²) in [4.78, 5) is 23.4. The van der Waals surface area contributed by atoms with Crippen molar-refractivity contribution < 1.29 is 4.39 Å². The topological polar surface area (TPSA) is 63.9 Å². The molecule has 29 heavy (non-hydrogen) atoms. The van der Waals surface area contributed by atoms with Crippen LogP contribution >= 0.6 is 0 Å². The third kappa shape index (κ3) is 3.61. The molecule has 5 rings (SSSR count). The molecule has 1 aliphatic carbocycles. The van der Waals surface area contributed by atoms with Gasteiger partial charge in [-0.3, -0.25) is 4.79 Å². The van der Waals surface area contributed by atoms with Gasteiger partial charge in [0, 0.05) is 37.2 Å². The normalized spacial score (nSPS) is 17.5. The molecule has 0 saturated carbocycles. The van der Waals surface area contributed by atoms with Crippen LogP contribution in [0.5, 0.6) is 0 Å². The summed E-state index contributed by atoms with van der Waals surface area (Å²) >= 11 is 0. The minimum absolute atomic E-state index is 0.0249. The smallest absolute Gasteiger partial charge is 0.267 e. The molecule has 2 aliphatic rings. The molecule has 2 aromatic heterocycles. The average molecular weight is 393 g/mol. The Hall–Kier alpha value is -2.83. The lowest BCUT2D eigenvalue weighted by molar-refractivity contribution is 0.331. The van der Waals surface area contributed by atoms with E-state index in [1.807, 2.05) is 0 Å². The predicted octanol–water partition coefficient (Wildman–Crippen LogP) is 3.12. The van der Waals surface area contributed by atoms with Crippen molar-refractivity contribution in [1.29, 1.82) is 0 Å². The number of aryl methyl sites for hydroxylation is 2. The van der Waals surface area contributed by atoms with Crippen LogP contribution in [0.25, 0.3) is 10.9 Å². The first-order valence-corrected chi connectivity index (χ1v) is 10.4. The molecule has 3 heterocycles. The lowest BCUT2D eigenvalue weighted by atomic mass is 9.95. The van der Waals surface area contributed by atoms with Crippen molar-refractivity contribution in [1.82, 2.24) is 19.7 Å². The van der Waals surface area contributed by atoms with Crippen LogP contribution in [0.2, 0.25) is 0 Å². The number of anilines is 1. The third-order valence-electron chi connectivity index (χ3n) is 6.20. The van der Waals surface area contributed by atoms with Crippen LogP contribution in [0.3, 0.4) is 0 Å². The van der Waals surface area contributed by atoms with Crippen LogP contribution in [-0.4, -0.2) is 32.8 Å². The zero-order valence-corrected chi connectivity index (χ0v) is 16.4. The third-order valence-corrected chi connectivity index (χ3v) is 6.20. The molecule has 7 heteroatoms. The number of piperidine rings is 1. The van der Waals surface area contributed by atoms with E-state index in [1.165, 1.54) is 18.5 Å². The van der Waals surface area contributed by atoms with Crippen LogP contribution < -0.4 is 10.5 Å². The van der Waals surface area contributed by atoms with Crippen LogP contribution in [0, 0.1) is 11.7 Å². The molecule has 3 aromatic rings. The zero-order chi connectivity index (χ0) is 19.8. The van der Waals surface area contributed by atoms with E-state index in [0.717, 1.165) is 74.1 Å². The van der Waals surface area contributed by atoms with E-state index in [0.29, 0.717) is 18.0 Å². The van der Waals surface area contributed by atoms with Gasteiger partial charge in [-0.15, -0.1) is 0 Å². The minimum atomic E-state index is -0.288. The van der Waals surface area contributed by atoms with Crippen LogP contribution in [0.4, 0.5) is 10.2 Å². The summed E-state index contributed by atoms with van der Waals surface area (Å²) in [6, 6.07) is 6.45. The summed E-state index contributed by atoms with van der Waals surface area (Å²) in [5.41, 5.74) is 2.89. The van der Waals surface area contributed by atoms with E-state index in [9.17, 15) is 9.18 Å². The maximum atomic E-state index is 13.5. The van der Waals surface area contributed by atoms with E-state index in [4.69, 9.17) is 0 Å². The Morgan fingerprint density at radius 2 is 1.90 bits per heavy atom. The number of aromatic nitrogens is 4. The van der Waals surface area contributed by atoms with Crippen molar-refractivity contribution in [3.63, 3.8) is 0 Å². The number of hydrogen-bond acceptors (Lipinski definition) is 5. The summed E-state index contributed by atoms with van der Waals surface area (Å²) in [5, 5.41) is 5.54. The second kappa shape index (κ2) is 7.54. The Balaban J connectivity index is 1.30. The maximum absolute atomic E-state index is 13.5. The van der Waals surface area contributed by atoms with Gasteiger partial charge < -0.3 is 4.90 Å². The number of fused-ring (bicyclic) bond motifs is 2. The Kier molecular flexibility index (Phi) is 4.73. The molecule has 150 valence electrons. The Bertz CT molecular complexity index is 1100. The lowest BCUT2D eigenvalue weighted by Crippen LogP contribution is -2.37. The van der Waals surface area contributed by atoms with Crippen molar-refractivity contribution in [2.24, 2.45) is 5.92 Å². The predicted molar refractivity (Wildman–Crippen MR) is 110 cm³/mol. The van der Waals surface area contributed by atoms with Crippen LogP contribution in [0.15, 0.2) is 35.4 Å². The first-order chi connectivity index (χ1) is 14.2. The highest BCUT2D eigenvalue weighted by Gasteiger charge is 2.23. The van der Waals surface area contributed by atoms with Gasteiger partial charge in [-0.2, -0.15) is 5.10 Å². The SMILES string of the molecule is O=c1cc2c(nn1CC1CCN(c3ncnc4cc(F)ccc34)CC1)CCCC2. The summed E-state index contributed by atoms with van der Waals surface area (Å²) in [6.07, 6.45) is 7.72. The molecule has 0 spiro atoms. The summed E-state index contributed by atoms with van der Waals surface area (Å²) in [5.74, 6) is 0.991. The van der Waals surface area contributed by atoms with Gasteiger partial charge >= 0.3 is 0 Å². The number of hydrogen-bond donors (Lipinski definition) is 0. The van der Waals surface area contributed by atoms with Crippen molar-refractivity contribution in [3.05, 3.63) is 58.0 Å². The second-order valence-corrected chi connectivity index (χ2v) is 8.13. The van der Waals surface area contributed by atoms with Crippen LogP contribution in [0.1, 0.15) is 36.9 Å². The molecule has 1 saturated heterocycles. The van der Waals surface area contributed by atoms with Gasteiger partial charge in [-0.1, -0.05) is 0 Å². The van der Waals surface area contributed by atoms with Crippen molar-refractivity contribution in [2.75, 3.05) is 18.0 Å². The average Bonchev–Trinajstić information content (AvgIpc) is 2.74. The Morgan fingerprint density at radius 3 is 2.76 bits per heavy atom. The number of benzene rings is 1. The quantitative estimate of drug-likeness (QED) is 0.684. The highest BCUT2D eigenvalue weighted by atomic mass is 19.1. The van der Waals surface area contributed by atoms with E-state index >= 15 is 0 Å². The molecule has 0 N–H and O–H groups in total. The van der Waals surface area contributed by atoms with E-state index in [1.54, 1.807) is 16.8 Å². The minimum Gasteiger partial charge on any atom is -0.356 e. The number of rotatable bonds is 3. The first kappa shape index (κ1) is 18.2. The number of nitrogens with zero attached hydrogens (tertiary/aromatic N) is 5. The fraction of sp³-hybridized carbons (Fsp3) is 0.455. The molecule has 0 radical (unpaired) electrons. The summed E-state index contributed by atoms with van der Waals surface area (Å²) in [6.45, 7) is 2.39. The van der Waals surface area contributed by atoms with Crippen molar-refractivity contribution in [3.8, 4) is 0 Å². The number of halogens is 1. The molecule has 6 nitrogen and oxygen atoms in total. The molecule has 0 amide bonds. The van der Waals surface area contributed by atoms with Gasteiger partial charge in [0.1, 0.15) is 18.0 Å². The fourth-order valence-corrected chi connectivity index (χ4v) is 4.57. The molecular weight excluding hydrogens is 369 g/mol. The summed E-state index contributed by atoms with van der Waals surface area (Å²) < 4.78 is 15.2. The second-order valence-electron chi connectivity index (χ2n) is 8.13. The van der Waals surface area contributed by atoms with Gasteiger partial charge in [0.25, 0.3) is 5.56 Å². The zero-order valence-electron chi connectivity index (χ0n) is 16.4. The molecular formula is C22H24FN5O. The maximum Gasteiger partial charge on any atom is 0.267 e. The molecule has 0 unspecified atom stereocenters. The van der Waals surface area contributed by atoms with Crippen molar-refractivity contribution in [2.45, 2.75) is 45.1 Å². The lowest BCUT2D eigenvalue weighted by Gasteiger charge is -2.33. The summed E-state index contributed by atoms with van der Waals surface area (Å²) in [7, 11) is 0.